The molecule has 7 nitrogen and oxygen atoms in total. The smallest absolute Gasteiger partial charge is 0.227 e. The van der Waals surface area contributed by atoms with Crippen LogP contribution in [0.4, 0.5) is 11.6 Å². The molecule has 0 unspecified atom stereocenters. The number of anilines is 2. The summed E-state index contributed by atoms with van der Waals surface area (Å²) >= 11 is 0. The van der Waals surface area contributed by atoms with Crippen molar-refractivity contribution in [3.63, 3.8) is 0 Å². The molecule has 7 heteroatoms. The highest BCUT2D eigenvalue weighted by atomic mass is 16.5. The molecular formula is C29H35N5O2. The Balaban J connectivity index is 1.33. The topological polar surface area (TPSA) is 71.5 Å². The van der Waals surface area contributed by atoms with Crippen molar-refractivity contribution in [2.75, 3.05) is 44.7 Å². The third-order valence-electron chi connectivity index (χ3n) is 6.51. The van der Waals surface area contributed by atoms with Gasteiger partial charge in [0, 0.05) is 37.1 Å². The fourth-order valence-corrected chi connectivity index (χ4v) is 4.59. The van der Waals surface area contributed by atoms with Crippen molar-refractivity contribution < 1.29 is 9.47 Å². The van der Waals surface area contributed by atoms with Gasteiger partial charge in [-0.2, -0.15) is 0 Å². The van der Waals surface area contributed by atoms with Crippen molar-refractivity contribution in [3.8, 4) is 17.0 Å². The molecule has 3 aromatic rings. The number of hydrogen-bond donors (Lipinski definition) is 2. The summed E-state index contributed by atoms with van der Waals surface area (Å²) < 4.78 is 12.2. The van der Waals surface area contributed by atoms with Gasteiger partial charge in [-0.05, 0) is 68.2 Å². The Morgan fingerprint density at radius 1 is 1.03 bits per heavy atom. The molecule has 6 bridgehead atoms. The molecule has 188 valence electrons. The quantitative estimate of drug-likeness (QED) is 0.515. The third-order valence-corrected chi connectivity index (χ3v) is 6.51. The zero-order chi connectivity index (χ0) is 24.4. The van der Waals surface area contributed by atoms with Crippen LogP contribution in [0.25, 0.3) is 11.3 Å². The summed E-state index contributed by atoms with van der Waals surface area (Å²) in [5.74, 6) is 1.42. The maximum absolute atomic E-state index is 6.20. The molecule has 0 radical (unpaired) electrons. The van der Waals surface area contributed by atoms with E-state index in [0.29, 0.717) is 18.7 Å². The Morgan fingerprint density at radius 3 is 2.89 bits per heavy atom. The third kappa shape index (κ3) is 7.13. The average molecular weight is 486 g/mol. The van der Waals surface area contributed by atoms with E-state index in [4.69, 9.17) is 14.5 Å². The van der Waals surface area contributed by atoms with Gasteiger partial charge in [0.25, 0.3) is 0 Å². The van der Waals surface area contributed by atoms with Gasteiger partial charge in [-0.3, -0.25) is 4.90 Å². The molecular weight excluding hydrogens is 450 g/mol. The standard InChI is InChI=1S/C29H35N5O2/c1-2-16-34(17-19-36-26-10-13-30-14-11-26)22-23-6-4-8-25(20-23)32-29-31-15-12-28(33-29)24-7-5-9-27(21-24)35-18-3-1/h1-2,4-9,12,15,20-21,26,30H,3,10-11,13-14,16-19,22H2,(H,31,32,33)/b2-1+. The zero-order valence-electron chi connectivity index (χ0n) is 20.7. The molecule has 1 fully saturated rings. The summed E-state index contributed by atoms with van der Waals surface area (Å²) in [6.07, 6.45) is 9.67. The number of piperidine rings is 1. The van der Waals surface area contributed by atoms with Crippen LogP contribution < -0.4 is 15.4 Å². The summed E-state index contributed by atoms with van der Waals surface area (Å²) in [6, 6.07) is 18.5. The molecule has 0 aliphatic carbocycles. The van der Waals surface area contributed by atoms with Crippen LogP contribution >= 0.6 is 0 Å². The highest BCUT2D eigenvalue weighted by Gasteiger charge is 2.14. The first kappa shape index (κ1) is 24.4. The Hall–Kier alpha value is -3.26. The van der Waals surface area contributed by atoms with E-state index in [-0.39, 0.29) is 0 Å². The van der Waals surface area contributed by atoms with Crippen LogP contribution in [-0.4, -0.2) is 60.4 Å². The fraction of sp³-hybridized carbons (Fsp3) is 0.379. The van der Waals surface area contributed by atoms with Crippen molar-refractivity contribution in [1.82, 2.24) is 20.2 Å². The minimum Gasteiger partial charge on any atom is -0.493 e. The Morgan fingerprint density at radius 2 is 1.94 bits per heavy atom. The van der Waals surface area contributed by atoms with E-state index in [0.717, 1.165) is 81.3 Å². The lowest BCUT2D eigenvalue weighted by Crippen LogP contribution is -2.34. The second-order valence-electron chi connectivity index (χ2n) is 9.28. The average Bonchev–Trinajstić information content (AvgIpc) is 2.91. The minimum atomic E-state index is 0.376. The van der Waals surface area contributed by atoms with Gasteiger partial charge in [0.05, 0.1) is 25.0 Å². The first-order chi connectivity index (χ1) is 17.8. The monoisotopic (exact) mass is 485 g/mol. The van der Waals surface area contributed by atoms with Crippen LogP contribution in [0.3, 0.4) is 0 Å². The van der Waals surface area contributed by atoms with E-state index in [9.17, 15) is 0 Å². The summed E-state index contributed by atoms with van der Waals surface area (Å²) in [5.41, 5.74) is 4.08. The summed E-state index contributed by atoms with van der Waals surface area (Å²) in [4.78, 5) is 11.6. The molecule has 0 atom stereocenters. The molecule has 3 heterocycles. The molecule has 1 saturated heterocycles. The van der Waals surface area contributed by atoms with Crippen LogP contribution in [0.15, 0.2) is 72.9 Å². The van der Waals surface area contributed by atoms with Gasteiger partial charge in [-0.1, -0.05) is 36.4 Å². The van der Waals surface area contributed by atoms with E-state index in [2.05, 4.69) is 56.9 Å². The largest absolute Gasteiger partial charge is 0.493 e. The lowest BCUT2D eigenvalue weighted by molar-refractivity contribution is 0.0206. The number of rotatable bonds is 4. The van der Waals surface area contributed by atoms with Gasteiger partial charge in [-0.15, -0.1) is 0 Å². The molecule has 0 amide bonds. The van der Waals surface area contributed by atoms with Crippen molar-refractivity contribution in [2.45, 2.75) is 31.9 Å². The SMILES string of the molecule is C1=C/CN(CCOC2CCNCC2)Cc2cccc(c2)Nc2nccc(n2)-c2cccc(c2)OCC/1. The van der Waals surface area contributed by atoms with Gasteiger partial charge in [0.1, 0.15) is 5.75 Å². The maximum atomic E-state index is 6.20. The van der Waals surface area contributed by atoms with E-state index in [1.165, 1.54) is 5.56 Å². The number of aromatic nitrogens is 2. The summed E-state index contributed by atoms with van der Waals surface area (Å²) in [5, 5.41) is 6.78. The van der Waals surface area contributed by atoms with E-state index < -0.39 is 0 Å². The molecule has 2 aliphatic rings. The van der Waals surface area contributed by atoms with Crippen LogP contribution in [0, 0.1) is 0 Å². The molecule has 1 aromatic heterocycles. The molecule has 36 heavy (non-hydrogen) atoms. The molecule has 5 rings (SSSR count). The zero-order valence-corrected chi connectivity index (χ0v) is 20.7. The normalized spacial score (nSPS) is 18.3. The van der Waals surface area contributed by atoms with Crippen molar-refractivity contribution in [1.29, 1.82) is 0 Å². The number of fused-ring (bicyclic) bond motifs is 7. The van der Waals surface area contributed by atoms with Gasteiger partial charge in [-0.25, -0.2) is 9.97 Å². The number of hydrogen-bond acceptors (Lipinski definition) is 7. The highest BCUT2D eigenvalue weighted by Crippen LogP contribution is 2.24. The Bertz CT molecular complexity index is 1150. The van der Waals surface area contributed by atoms with Crippen molar-refractivity contribution in [2.24, 2.45) is 0 Å². The summed E-state index contributed by atoms with van der Waals surface area (Å²) in [6.45, 7) is 6.09. The van der Waals surface area contributed by atoms with Gasteiger partial charge < -0.3 is 20.1 Å². The van der Waals surface area contributed by atoms with E-state index in [1.807, 2.05) is 30.3 Å². The second-order valence-corrected chi connectivity index (χ2v) is 9.28. The second kappa shape index (κ2) is 12.6. The molecule has 2 aliphatic heterocycles. The number of ether oxygens (including phenoxy) is 2. The number of benzene rings is 2. The van der Waals surface area contributed by atoms with E-state index in [1.54, 1.807) is 6.20 Å². The predicted molar refractivity (Wildman–Crippen MR) is 144 cm³/mol. The Labute approximate surface area is 213 Å². The van der Waals surface area contributed by atoms with Gasteiger partial charge in [0.15, 0.2) is 0 Å². The predicted octanol–water partition coefficient (Wildman–Crippen LogP) is 4.80. The molecule has 2 aromatic carbocycles. The Kier molecular flexibility index (Phi) is 8.57. The van der Waals surface area contributed by atoms with Gasteiger partial charge in [0.2, 0.25) is 5.95 Å². The maximum Gasteiger partial charge on any atom is 0.227 e. The first-order valence-corrected chi connectivity index (χ1v) is 12.9. The van der Waals surface area contributed by atoms with Crippen LogP contribution in [-0.2, 0) is 11.3 Å². The molecule has 2 N–H and O–H groups in total. The van der Waals surface area contributed by atoms with Gasteiger partial charge >= 0.3 is 0 Å². The number of nitrogens with zero attached hydrogens (tertiary/aromatic N) is 3. The minimum absolute atomic E-state index is 0.376. The summed E-state index contributed by atoms with van der Waals surface area (Å²) in [7, 11) is 0. The van der Waals surface area contributed by atoms with Crippen LogP contribution in [0.2, 0.25) is 0 Å². The van der Waals surface area contributed by atoms with Crippen molar-refractivity contribution in [3.05, 3.63) is 78.5 Å². The molecule has 0 saturated carbocycles. The molecule has 0 spiro atoms. The first-order valence-electron chi connectivity index (χ1n) is 12.9. The fourth-order valence-electron chi connectivity index (χ4n) is 4.59. The highest BCUT2D eigenvalue weighted by molar-refractivity contribution is 5.63. The lowest BCUT2D eigenvalue weighted by atomic mass is 10.1. The van der Waals surface area contributed by atoms with Crippen LogP contribution in [0.1, 0.15) is 24.8 Å². The number of nitrogens with one attached hydrogen (secondary N) is 2. The lowest BCUT2D eigenvalue weighted by Gasteiger charge is -2.26. The van der Waals surface area contributed by atoms with Crippen molar-refractivity contribution >= 4 is 11.6 Å². The van der Waals surface area contributed by atoms with E-state index >= 15 is 0 Å². The van der Waals surface area contributed by atoms with Crippen LogP contribution in [0.5, 0.6) is 5.75 Å².